The van der Waals surface area contributed by atoms with Crippen LogP contribution in [0.2, 0.25) is 0 Å². The molecule has 2 N–H and O–H groups in total. The van der Waals surface area contributed by atoms with E-state index in [4.69, 9.17) is 9.47 Å². The largest absolute Gasteiger partial charge is 0.448 e. The first-order valence-corrected chi connectivity index (χ1v) is 5.27. The van der Waals surface area contributed by atoms with Crippen molar-refractivity contribution in [1.29, 1.82) is 0 Å². The Morgan fingerprint density at radius 1 is 0.875 bits per heavy atom. The Morgan fingerprint density at radius 3 is 1.44 bits per heavy atom. The summed E-state index contributed by atoms with van der Waals surface area (Å²) in [6.07, 6.45) is -1.40. The number of hydrogen-bond donors (Lipinski definition) is 2. The van der Waals surface area contributed by atoms with Crippen LogP contribution in [0.5, 0.6) is 0 Å². The number of amides is 2. The lowest BCUT2D eigenvalue weighted by Crippen LogP contribution is -2.42. The minimum absolute atomic E-state index is 0.249. The van der Waals surface area contributed by atoms with Crippen LogP contribution in [0, 0.1) is 11.8 Å². The molecule has 0 heterocycles. The molecule has 0 aromatic rings. The molecule has 0 aliphatic rings. The number of nitrogens with one attached hydrogen (secondary N) is 2. The SMILES string of the molecule is CC(C)COC(=O)NNC(=O)OCC(C)C. The zero-order valence-corrected chi connectivity index (χ0v) is 10.2. The van der Waals surface area contributed by atoms with Gasteiger partial charge >= 0.3 is 12.2 Å². The Balaban J connectivity index is 3.55. The number of rotatable bonds is 4. The van der Waals surface area contributed by atoms with Gasteiger partial charge in [-0.15, -0.1) is 0 Å². The van der Waals surface area contributed by atoms with Gasteiger partial charge in [-0.1, -0.05) is 27.7 Å². The molecule has 0 aliphatic heterocycles. The summed E-state index contributed by atoms with van der Waals surface area (Å²) in [5.74, 6) is 0.497. The van der Waals surface area contributed by atoms with E-state index in [0.717, 1.165) is 0 Å². The predicted octanol–water partition coefficient (Wildman–Crippen LogP) is 1.67. The molecule has 0 rings (SSSR count). The number of hydrogen-bond acceptors (Lipinski definition) is 4. The van der Waals surface area contributed by atoms with Gasteiger partial charge in [0.25, 0.3) is 0 Å². The topological polar surface area (TPSA) is 76.7 Å². The van der Waals surface area contributed by atoms with Gasteiger partial charge in [0.1, 0.15) is 0 Å². The molecule has 0 fully saturated rings. The summed E-state index contributed by atoms with van der Waals surface area (Å²) in [6, 6.07) is 0. The second-order valence-corrected chi connectivity index (χ2v) is 4.23. The molecular weight excluding hydrogens is 212 g/mol. The molecule has 94 valence electrons. The van der Waals surface area contributed by atoms with E-state index >= 15 is 0 Å². The van der Waals surface area contributed by atoms with Crippen LogP contribution >= 0.6 is 0 Å². The summed E-state index contributed by atoms with van der Waals surface area (Å²) in [5.41, 5.74) is 4.15. The maximum atomic E-state index is 11.0. The van der Waals surface area contributed by atoms with Gasteiger partial charge in [-0.3, -0.25) is 0 Å². The Bertz CT molecular complexity index is 205. The van der Waals surface area contributed by atoms with E-state index in [1.165, 1.54) is 0 Å². The standard InChI is InChI=1S/C10H20N2O4/c1-7(2)5-15-9(13)11-12-10(14)16-6-8(3)4/h7-8H,5-6H2,1-4H3,(H,11,13)(H,12,14). The lowest BCUT2D eigenvalue weighted by atomic mass is 10.2. The molecule has 0 aromatic carbocycles. The number of ether oxygens (including phenoxy) is 2. The van der Waals surface area contributed by atoms with Gasteiger partial charge in [-0.05, 0) is 11.8 Å². The summed E-state index contributed by atoms with van der Waals surface area (Å²) in [6.45, 7) is 8.26. The molecule has 0 spiro atoms. The highest BCUT2D eigenvalue weighted by Crippen LogP contribution is 1.93. The molecule has 0 saturated heterocycles. The maximum absolute atomic E-state index is 11.0. The Labute approximate surface area is 95.6 Å². The highest BCUT2D eigenvalue weighted by molar-refractivity contribution is 5.73. The van der Waals surface area contributed by atoms with Gasteiger partial charge in [-0.25, -0.2) is 20.4 Å². The lowest BCUT2D eigenvalue weighted by molar-refractivity contribution is 0.112. The number of carbonyl (C=O) groups is 2. The van der Waals surface area contributed by atoms with Crippen molar-refractivity contribution in [2.24, 2.45) is 11.8 Å². The van der Waals surface area contributed by atoms with Crippen molar-refractivity contribution in [2.45, 2.75) is 27.7 Å². The van der Waals surface area contributed by atoms with E-state index in [2.05, 4.69) is 10.9 Å². The highest BCUT2D eigenvalue weighted by Gasteiger charge is 2.07. The number of hydrazine groups is 1. The van der Waals surface area contributed by atoms with Crippen molar-refractivity contribution >= 4 is 12.2 Å². The summed E-state index contributed by atoms with van der Waals surface area (Å²) in [7, 11) is 0. The van der Waals surface area contributed by atoms with Gasteiger partial charge in [0, 0.05) is 0 Å². The zero-order valence-electron chi connectivity index (χ0n) is 10.2. The van der Waals surface area contributed by atoms with Gasteiger partial charge in [0.2, 0.25) is 0 Å². The second kappa shape index (κ2) is 7.78. The summed E-state index contributed by atoms with van der Waals surface area (Å²) in [5, 5.41) is 0. The molecule has 6 nitrogen and oxygen atoms in total. The van der Waals surface area contributed by atoms with Gasteiger partial charge in [-0.2, -0.15) is 0 Å². The first kappa shape index (κ1) is 14.5. The van der Waals surface area contributed by atoms with Crippen molar-refractivity contribution in [2.75, 3.05) is 13.2 Å². The van der Waals surface area contributed by atoms with Crippen LogP contribution in [0.25, 0.3) is 0 Å². The fourth-order valence-corrected chi connectivity index (χ4v) is 0.659. The molecule has 0 aromatic heterocycles. The van der Waals surface area contributed by atoms with Crippen molar-refractivity contribution < 1.29 is 19.1 Å². The molecule has 0 atom stereocenters. The smallest absolute Gasteiger partial charge is 0.426 e. The zero-order chi connectivity index (χ0) is 12.6. The van der Waals surface area contributed by atoms with Crippen LogP contribution < -0.4 is 10.9 Å². The van der Waals surface area contributed by atoms with Crippen LogP contribution in [0.15, 0.2) is 0 Å². The average Bonchev–Trinajstić information content (AvgIpc) is 2.20. The highest BCUT2D eigenvalue weighted by atomic mass is 16.6. The molecule has 0 radical (unpaired) electrons. The summed E-state index contributed by atoms with van der Waals surface area (Å²) >= 11 is 0. The molecule has 0 bridgehead atoms. The molecule has 16 heavy (non-hydrogen) atoms. The third-order valence-electron chi connectivity index (χ3n) is 1.36. The first-order chi connectivity index (χ1) is 7.41. The third-order valence-corrected chi connectivity index (χ3v) is 1.36. The van der Waals surface area contributed by atoms with Crippen LogP contribution in [0.3, 0.4) is 0 Å². The van der Waals surface area contributed by atoms with Crippen molar-refractivity contribution in [1.82, 2.24) is 10.9 Å². The minimum Gasteiger partial charge on any atom is -0.448 e. The van der Waals surface area contributed by atoms with E-state index in [9.17, 15) is 9.59 Å². The van der Waals surface area contributed by atoms with Crippen LogP contribution in [0.1, 0.15) is 27.7 Å². The van der Waals surface area contributed by atoms with E-state index in [1.807, 2.05) is 27.7 Å². The summed E-state index contributed by atoms with van der Waals surface area (Å²) < 4.78 is 9.52. The molecule has 0 saturated carbocycles. The average molecular weight is 232 g/mol. The normalized spacial score (nSPS) is 10.1. The first-order valence-electron chi connectivity index (χ1n) is 5.27. The van der Waals surface area contributed by atoms with Crippen molar-refractivity contribution in [3.8, 4) is 0 Å². The molecule has 6 heteroatoms. The Kier molecular flexibility index (Phi) is 7.07. The lowest BCUT2D eigenvalue weighted by Gasteiger charge is -2.10. The predicted molar refractivity (Wildman–Crippen MR) is 58.6 cm³/mol. The van der Waals surface area contributed by atoms with Gasteiger partial charge in [0.05, 0.1) is 13.2 Å². The number of carbonyl (C=O) groups excluding carboxylic acids is 2. The maximum Gasteiger partial charge on any atom is 0.426 e. The second-order valence-electron chi connectivity index (χ2n) is 4.23. The Hall–Kier alpha value is -1.46. The quantitative estimate of drug-likeness (QED) is 0.723. The van der Waals surface area contributed by atoms with Crippen LogP contribution in [0.4, 0.5) is 9.59 Å². The molecular formula is C10H20N2O4. The van der Waals surface area contributed by atoms with Crippen LogP contribution in [-0.4, -0.2) is 25.4 Å². The van der Waals surface area contributed by atoms with E-state index in [-0.39, 0.29) is 11.8 Å². The molecule has 2 amide bonds. The van der Waals surface area contributed by atoms with E-state index in [1.54, 1.807) is 0 Å². The van der Waals surface area contributed by atoms with E-state index in [0.29, 0.717) is 13.2 Å². The molecule has 0 unspecified atom stereocenters. The fraction of sp³-hybridized carbons (Fsp3) is 0.800. The van der Waals surface area contributed by atoms with Gasteiger partial charge < -0.3 is 9.47 Å². The monoisotopic (exact) mass is 232 g/mol. The van der Waals surface area contributed by atoms with E-state index < -0.39 is 12.2 Å². The minimum atomic E-state index is -0.699. The third kappa shape index (κ3) is 9.11. The van der Waals surface area contributed by atoms with Gasteiger partial charge in [0.15, 0.2) is 0 Å². The molecule has 0 aliphatic carbocycles. The Morgan fingerprint density at radius 2 is 1.19 bits per heavy atom. The summed E-state index contributed by atoms with van der Waals surface area (Å²) in [4.78, 5) is 22.0. The van der Waals surface area contributed by atoms with Crippen LogP contribution in [-0.2, 0) is 9.47 Å². The van der Waals surface area contributed by atoms with Crippen molar-refractivity contribution in [3.05, 3.63) is 0 Å². The van der Waals surface area contributed by atoms with Crippen molar-refractivity contribution in [3.63, 3.8) is 0 Å². The fourth-order valence-electron chi connectivity index (χ4n) is 0.659.